The predicted molar refractivity (Wildman–Crippen MR) is 117 cm³/mol. The van der Waals surface area contributed by atoms with Gasteiger partial charge in [-0.2, -0.15) is 0 Å². The van der Waals surface area contributed by atoms with Crippen LogP contribution in [-0.2, 0) is 19.2 Å². The number of thioether (sulfide) groups is 1. The molecule has 4 rings (SSSR count). The number of likely N-dealkylation sites (tertiary alicyclic amines) is 1. The highest BCUT2D eigenvalue weighted by atomic mass is 32.2. The summed E-state index contributed by atoms with van der Waals surface area (Å²) in [7, 11) is 3.39. The zero-order valence-electron chi connectivity index (χ0n) is 17.7. The molecule has 1 unspecified atom stereocenters. The number of thiazole rings is 1. The van der Waals surface area contributed by atoms with Gasteiger partial charge in [0.2, 0.25) is 0 Å². The standard InChI is InChI=1S/C19H24N6O5S2/c1-25(5-3-4-6-25)7-10-8-31-17-13(16(27)24(17)14(10)18(28)29)22-15(26)12(23-30-2)11-9-32-19(20)21-11/h9,13,17H,3-8H2,1-2H3,(H3-,20,21,22,26,28,29)/t13-,17?/m1/s1. The molecule has 1 aromatic rings. The van der Waals surface area contributed by atoms with Crippen LogP contribution in [0.15, 0.2) is 21.8 Å². The molecule has 3 aliphatic rings. The molecule has 0 radical (unpaired) electrons. The molecule has 11 nitrogen and oxygen atoms in total. The van der Waals surface area contributed by atoms with Crippen molar-refractivity contribution in [2.24, 2.45) is 5.16 Å². The van der Waals surface area contributed by atoms with Crippen LogP contribution in [-0.4, -0.2) is 88.8 Å². The molecule has 1 aromatic heterocycles. The first kappa shape index (κ1) is 22.6. The van der Waals surface area contributed by atoms with E-state index in [2.05, 4.69) is 22.5 Å². The minimum Gasteiger partial charge on any atom is -0.543 e. The maximum Gasteiger partial charge on any atom is 0.276 e. The lowest BCUT2D eigenvalue weighted by Crippen LogP contribution is -2.71. The van der Waals surface area contributed by atoms with Crippen molar-refractivity contribution in [1.82, 2.24) is 15.2 Å². The number of nitrogens with two attached hydrogens (primary N) is 1. The molecule has 2 amide bonds. The number of nitrogen functional groups attached to an aromatic ring is 1. The molecule has 0 aromatic carbocycles. The smallest absolute Gasteiger partial charge is 0.276 e. The number of carbonyl (C=O) groups excluding carboxylic acids is 3. The SMILES string of the molecule is CON=C(C(=O)N[C@@H]1C(=O)N2C(C(=O)[O-])=C(C[N+]3(C)CCCC3)CSC12)c1csc(N)n1. The number of aromatic nitrogens is 1. The van der Waals surface area contributed by atoms with Crippen LogP contribution in [0.5, 0.6) is 0 Å². The number of amides is 2. The summed E-state index contributed by atoms with van der Waals surface area (Å²) in [5.41, 5.74) is 6.39. The Morgan fingerprint density at radius 1 is 1.44 bits per heavy atom. The fraction of sp³-hybridized carbons (Fsp3) is 0.526. The number of carbonyl (C=O) groups is 3. The average molecular weight is 481 g/mol. The number of oxime groups is 1. The highest BCUT2D eigenvalue weighted by Gasteiger charge is 2.53. The van der Waals surface area contributed by atoms with Crippen molar-refractivity contribution in [1.29, 1.82) is 0 Å². The summed E-state index contributed by atoms with van der Waals surface area (Å²) in [6.07, 6.45) is 2.21. The van der Waals surface area contributed by atoms with E-state index in [1.54, 1.807) is 5.38 Å². The molecule has 0 aliphatic carbocycles. The lowest BCUT2D eigenvalue weighted by Gasteiger charge is -2.51. The summed E-state index contributed by atoms with van der Waals surface area (Å²) in [5.74, 6) is -2.06. The van der Waals surface area contributed by atoms with Gasteiger partial charge in [-0.25, -0.2) is 4.98 Å². The first-order valence-electron chi connectivity index (χ1n) is 10.1. The molecule has 4 heterocycles. The maximum absolute atomic E-state index is 12.9. The molecule has 2 fully saturated rings. The van der Waals surface area contributed by atoms with Crippen LogP contribution in [0.4, 0.5) is 5.13 Å². The molecule has 0 saturated carbocycles. The third kappa shape index (κ3) is 4.07. The second-order valence-corrected chi connectivity index (χ2v) is 10.2. The Hall–Kier alpha value is -2.64. The van der Waals surface area contributed by atoms with Gasteiger partial charge in [0.25, 0.3) is 11.8 Å². The van der Waals surface area contributed by atoms with Gasteiger partial charge in [0, 0.05) is 29.5 Å². The van der Waals surface area contributed by atoms with Crippen molar-refractivity contribution >= 4 is 51.7 Å². The van der Waals surface area contributed by atoms with Crippen molar-refractivity contribution in [2.45, 2.75) is 24.3 Å². The van der Waals surface area contributed by atoms with Crippen molar-refractivity contribution < 1.29 is 28.8 Å². The molecule has 0 bridgehead atoms. The van der Waals surface area contributed by atoms with Crippen molar-refractivity contribution in [3.63, 3.8) is 0 Å². The minimum absolute atomic E-state index is 0.0615. The molecular formula is C19H24N6O5S2. The van der Waals surface area contributed by atoms with E-state index in [0.29, 0.717) is 17.9 Å². The number of quaternary nitrogens is 1. The highest BCUT2D eigenvalue weighted by Crippen LogP contribution is 2.41. The summed E-state index contributed by atoms with van der Waals surface area (Å²) < 4.78 is 0.757. The van der Waals surface area contributed by atoms with Gasteiger partial charge in [0.15, 0.2) is 10.8 Å². The maximum atomic E-state index is 12.9. The Morgan fingerprint density at radius 3 is 2.75 bits per heavy atom. The van der Waals surface area contributed by atoms with E-state index < -0.39 is 29.2 Å². The Kier molecular flexibility index (Phi) is 6.14. The summed E-state index contributed by atoms with van der Waals surface area (Å²) >= 11 is 2.57. The number of likely N-dealkylation sites (N-methyl/N-ethyl adjacent to an activating group) is 1. The van der Waals surface area contributed by atoms with Gasteiger partial charge in [-0.1, -0.05) is 5.16 Å². The average Bonchev–Trinajstić information content (AvgIpc) is 3.37. The zero-order valence-corrected chi connectivity index (χ0v) is 19.3. The number of anilines is 1. The predicted octanol–water partition coefficient (Wildman–Crippen LogP) is -1.28. The fourth-order valence-corrected chi connectivity index (χ4v) is 6.30. The summed E-state index contributed by atoms with van der Waals surface area (Å²) in [6, 6.07) is -0.891. The van der Waals surface area contributed by atoms with Gasteiger partial charge in [-0.05, 0) is 0 Å². The normalized spacial score (nSPS) is 24.8. The fourth-order valence-electron chi connectivity index (χ4n) is 4.41. The molecule has 3 aliphatic heterocycles. The molecule has 13 heteroatoms. The third-order valence-corrected chi connectivity index (χ3v) is 7.92. The van der Waals surface area contributed by atoms with Gasteiger partial charge in [-0.15, -0.1) is 23.1 Å². The summed E-state index contributed by atoms with van der Waals surface area (Å²) in [6.45, 7) is 2.53. The van der Waals surface area contributed by atoms with Crippen LogP contribution >= 0.6 is 23.1 Å². The lowest BCUT2D eigenvalue weighted by molar-refractivity contribution is -0.893. The van der Waals surface area contributed by atoms with E-state index in [-0.39, 0.29) is 22.2 Å². The van der Waals surface area contributed by atoms with E-state index in [0.717, 1.165) is 41.8 Å². The minimum atomic E-state index is -1.37. The topological polar surface area (TPSA) is 150 Å². The van der Waals surface area contributed by atoms with Crippen molar-refractivity contribution in [3.8, 4) is 0 Å². The summed E-state index contributed by atoms with van der Waals surface area (Å²) in [5, 5.41) is 19.6. The van der Waals surface area contributed by atoms with Crippen LogP contribution in [0.3, 0.4) is 0 Å². The van der Waals surface area contributed by atoms with E-state index in [4.69, 9.17) is 10.6 Å². The molecule has 32 heavy (non-hydrogen) atoms. The number of hydrogen-bond donors (Lipinski definition) is 2. The number of rotatable bonds is 7. The van der Waals surface area contributed by atoms with E-state index in [1.165, 1.54) is 23.8 Å². The number of carboxylic acids is 1. The summed E-state index contributed by atoms with van der Waals surface area (Å²) in [4.78, 5) is 47.7. The van der Waals surface area contributed by atoms with Gasteiger partial charge in [0.1, 0.15) is 30.8 Å². The Bertz CT molecular complexity index is 1020. The number of nitrogens with one attached hydrogen (secondary N) is 1. The lowest BCUT2D eigenvalue weighted by atomic mass is 10.0. The van der Waals surface area contributed by atoms with Gasteiger partial charge in [0.05, 0.1) is 31.8 Å². The number of carboxylic acid groups (broad SMARTS) is 1. The quantitative estimate of drug-likeness (QED) is 0.212. The highest BCUT2D eigenvalue weighted by molar-refractivity contribution is 8.00. The Morgan fingerprint density at radius 2 is 2.16 bits per heavy atom. The Labute approximate surface area is 192 Å². The largest absolute Gasteiger partial charge is 0.543 e. The number of hydrogen-bond acceptors (Lipinski definition) is 10. The number of aliphatic carboxylic acids is 1. The van der Waals surface area contributed by atoms with Crippen molar-refractivity contribution in [2.75, 3.05) is 45.3 Å². The van der Waals surface area contributed by atoms with Crippen LogP contribution < -0.4 is 16.2 Å². The molecule has 2 atom stereocenters. The molecule has 0 spiro atoms. The number of fused-ring (bicyclic) bond motifs is 1. The van der Waals surface area contributed by atoms with Crippen LogP contribution in [0.2, 0.25) is 0 Å². The van der Waals surface area contributed by atoms with E-state index in [9.17, 15) is 19.5 Å². The van der Waals surface area contributed by atoms with E-state index >= 15 is 0 Å². The Balaban J connectivity index is 1.52. The van der Waals surface area contributed by atoms with Gasteiger partial charge < -0.3 is 30.3 Å². The van der Waals surface area contributed by atoms with Gasteiger partial charge >= 0.3 is 0 Å². The first-order chi connectivity index (χ1) is 15.2. The van der Waals surface area contributed by atoms with Crippen molar-refractivity contribution in [3.05, 3.63) is 22.3 Å². The second-order valence-electron chi connectivity index (χ2n) is 8.23. The monoisotopic (exact) mass is 480 g/mol. The first-order valence-corrected chi connectivity index (χ1v) is 12.0. The van der Waals surface area contributed by atoms with Gasteiger partial charge in [-0.3, -0.25) is 14.5 Å². The van der Waals surface area contributed by atoms with Crippen LogP contribution in [0.25, 0.3) is 0 Å². The molecule has 3 N–H and O–H groups in total. The molecule has 2 saturated heterocycles. The molecular weight excluding hydrogens is 456 g/mol. The number of nitrogens with zero attached hydrogens (tertiary/aromatic N) is 4. The molecule has 172 valence electrons. The number of β-lactam (4-membered cyclic amide) rings is 1. The zero-order chi connectivity index (χ0) is 23.0. The second kappa shape index (κ2) is 8.71. The third-order valence-electron chi connectivity index (χ3n) is 5.91. The van der Waals surface area contributed by atoms with E-state index in [1.807, 2.05) is 0 Å². The van der Waals surface area contributed by atoms with Crippen LogP contribution in [0.1, 0.15) is 18.5 Å². The van der Waals surface area contributed by atoms with Crippen LogP contribution in [0, 0.1) is 0 Å².